The molecule has 144 valence electrons. The number of hydrogen-bond acceptors (Lipinski definition) is 3. The standard InChI is InChI=1S/C24H24INO2/c1-4-27-23-14-20(15-26-22-12-17(2)10-11-18(22)3)13-21(25)24(23)28-16-19-8-6-5-7-9-19/h5-15H,4,16H2,1-3H3. The first kappa shape index (κ1) is 20.4. The number of ether oxygens (including phenoxy) is 2. The van der Waals surface area contributed by atoms with Crippen molar-refractivity contribution in [2.75, 3.05) is 6.61 Å². The van der Waals surface area contributed by atoms with Crippen LogP contribution in [0.3, 0.4) is 0 Å². The number of nitrogens with zero attached hydrogens (tertiary/aromatic N) is 1. The lowest BCUT2D eigenvalue weighted by Gasteiger charge is -2.15. The van der Waals surface area contributed by atoms with Gasteiger partial charge in [-0.15, -0.1) is 0 Å². The van der Waals surface area contributed by atoms with Crippen LogP contribution in [0.2, 0.25) is 0 Å². The number of aryl methyl sites for hydroxylation is 2. The highest BCUT2D eigenvalue weighted by molar-refractivity contribution is 14.1. The fourth-order valence-electron chi connectivity index (χ4n) is 2.80. The van der Waals surface area contributed by atoms with Crippen LogP contribution in [0, 0.1) is 17.4 Å². The summed E-state index contributed by atoms with van der Waals surface area (Å²) in [5, 5.41) is 0. The van der Waals surface area contributed by atoms with Crippen molar-refractivity contribution in [1.82, 2.24) is 0 Å². The molecule has 0 N–H and O–H groups in total. The van der Waals surface area contributed by atoms with Crippen LogP contribution in [0.25, 0.3) is 0 Å². The summed E-state index contributed by atoms with van der Waals surface area (Å²) in [6.45, 7) is 7.21. The second-order valence-electron chi connectivity index (χ2n) is 6.59. The van der Waals surface area contributed by atoms with E-state index in [1.165, 1.54) is 5.56 Å². The monoisotopic (exact) mass is 485 g/mol. The molecule has 3 aromatic rings. The lowest BCUT2D eigenvalue weighted by atomic mass is 10.1. The summed E-state index contributed by atoms with van der Waals surface area (Å²) in [4.78, 5) is 4.68. The van der Waals surface area contributed by atoms with Gasteiger partial charge in [0, 0.05) is 6.21 Å². The van der Waals surface area contributed by atoms with Crippen molar-refractivity contribution in [1.29, 1.82) is 0 Å². The van der Waals surface area contributed by atoms with Gasteiger partial charge in [-0.2, -0.15) is 0 Å². The first-order valence-electron chi connectivity index (χ1n) is 9.31. The Morgan fingerprint density at radius 3 is 2.50 bits per heavy atom. The van der Waals surface area contributed by atoms with Crippen LogP contribution in [-0.2, 0) is 6.61 Å². The minimum absolute atomic E-state index is 0.507. The molecule has 3 rings (SSSR count). The second-order valence-corrected chi connectivity index (χ2v) is 7.75. The van der Waals surface area contributed by atoms with E-state index < -0.39 is 0 Å². The summed E-state index contributed by atoms with van der Waals surface area (Å²) in [6.07, 6.45) is 1.88. The molecule has 0 fully saturated rings. The smallest absolute Gasteiger partial charge is 0.175 e. The van der Waals surface area contributed by atoms with Crippen molar-refractivity contribution in [2.24, 2.45) is 4.99 Å². The maximum absolute atomic E-state index is 6.08. The first-order chi connectivity index (χ1) is 13.6. The summed E-state index contributed by atoms with van der Waals surface area (Å²) in [6, 6.07) is 20.5. The molecule has 0 atom stereocenters. The van der Waals surface area contributed by atoms with Crippen molar-refractivity contribution in [2.45, 2.75) is 27.4 Å². The van der Waals surface area contributed by atoms with E-state index >= 15 is 0 Å². The molecular formula is C24H24INO2. The topological polar surface area (TPSA) is 30.8 Å². The van der Waals surface area contributed by atoms with Gasteiger partial charge in [0.15, 0.2) is 11.5 Å². The predicted octanol–water partition coefficient (Wildman–Crippen LogP) is 6.64. The maximum atomic E-state index is 6.08. The molecule has 0 aliphatic rings. The van der Waals surface area contributed by atoms with Crippen LogP contribution in [0.4, 0.5) is 5.69 Å². The average molecular weight is 485 g/mol. The zero-order valence-corrected chi connectivity index (χ0v) is 18.6. The van der Waals surface area contributed by atoms with Gasteiger partial charge in [0.05, 0.1) is 15.9 Å². The predicted molar refractivity (Wildman–Crippen MR) is 124 cm³/mol. The normalized spacial score (nSPS) is 11.0. The third kappa shape index (κ3) is 5.35. The summed E-state index contributed by atoms with van der Waals surface area (Å²) in [5.74, 6) is 1.52. The van der Waals surface area contributed by atoms with Gasteiger partial charge in [-0.25, -0.2) is 0 Å². The van der Waals surface area contributed by atoms with Gasteiger partial charge in [-0.1, -0.05) is 42.5 Å². The van der Waals surface area contributed by atoms with Crippen molar-refractivity contribution >= 4 is 34.5 Å². The van der Waals surface area contributed by atoms with Crippen LogP contribution in [0.5, 0.6) is 11.5 Å². The van der Waals surface area contributed by atoms with Crippen LogP contribution >= 0.6 is 22.6 Å². The molecule has 0 amide bonds. The highest BCUT2D eigenvalue weighted by Crippen LogP contribution is 2.34. The molecule has 0 saturated carbocycles. The molecular weight excluding hydrogens is 461 g/mol. The van der Waals surface area contributed by atoms with E-state index in [0.717, 1.165) is 37.4 Å². The molecule has 0 radical (unpaired) electrons. The van der Waals surface area contributed by atoms with E-state index in [9.17, 15) is 0 Å². The van der Waals surface area contributed by atoms with Gasteiger partial charge >= 0.3 is 0 Å². The third-order valence-electron chi connectivity index (χ3n) is 4.28. The molecule has 0 unspecified atom stereocenters. The number of rotatable bonds is 7. The molecule has 0 heterocycles. The average Bonchev–Trinajstić information content (AvgIpc) is 2.69. The zero-order valence-electron chi connectivity index (χ0n) is 16.4. The van der Waals surface area contributed by atoms with Crippen molar-refractivity contribution < 1.29 is 9.47 Å². The highest BCUT2D eigenvalue weighted by atomic mass is 127. The quantitative estimate of drug-likeness (QED) is 0.278. The Kier molecular flexibility index (Phi) is 7.09. The van der Waals surface area contributed by atoms with Gasteiger partial charge in [0.1, 0.15) is 6.61 Å². The van der Waals surface area contributed by atoms with Gasteiger partial charge in [-0.05, 0) is 83.8 Å². The van der Waals surface area contributed by atoms with Crippen molar-refractivity contribution in [3.8, 4) is 11.5 Å². The van der Waals surface area contributed by atoms with Gasteiger partial charge in [0.25, 0.3) is 0 Å². The maximum Gasteiger partial charge on any atom is 0.175 e. The lowest BCUT2D eigenvalue weighted by molar-refractivity contribution is 0.267. The van der Waals surface area contributed by atoms with Crippen LogP contribution < -0.4 is 9.47 Å². The molecule has 0 spiro atoms. The zero-order chi connectivity index (χ0) is 19.9. The Morgan fingerprint density at radius 2 is 1.75 bits per heavy atom. The molecule has 28 heavy (non-hydrogen) atoms. The Hall–Kier alpha value is -2.34. The Morgan fingerprint density at radius 1 is 0.964 bits per heavy atom. The summed E-state index contributed by atoms with van der Waals surface area (Å²) in [7, 11) is 0. The molecule has 0 aromatic heterocycles. The minimum atomic E-state index is 0.507. The number of benzene rings is 3. The Bertz CT molecular complexity index is 968. The summed E-state index contributed by atoms with van der Waals surface area (Å²) in [5.41, 5.74) is 5.45. The molecule has 0 bridgehead atoms. The van der Waals surface area contributed by atoms with E-state index in [0.29, 0.717) is 13.2 Å². The third-order valence-corrected chi connectivity index (χ3v) is 5.08. The van der Waals surface area contributed by atoms with E-state index in [1.807, 2.05) is 37.4 Å². The Balaban J connectivity index is 1.85. The fraction of sp³-hybridized carbons (Fsp3) is 0.208. The van der Waals surface area contributed by atoms with Crippen LogP contribution in [-0.4, -0.2) is 12.8 Å². The number of hydrogen-bond donors (Lipinski definition) is 0. The lowest BCUT2D eigenvalue weighted by Crippen LogP contribution is -2.02. The molecule has 0 saturated heterocycles. The molecule has 3 aromatic carbocycles. The second kappa shape index (κ2) is 9.73. The molecule has 3 nitrogen and oxygen atoms in total. The first-order valence-corrected chi connectivity index (χ1v) is 10.4. The molecule has 0 aliphatic heterocycles. The van der Waals surface area contributed by atoms with E-state index in [4.69, 9.17) is 9.47 Å². The van der Waals surface area contributed by atoms with Crippen molar-refractivity contribution in [3.05, 3.63) is 86.5 Å². The van der Waals surface area contributed by atoms with Gasteiger partial charge in [0.2, 0.25) is 0 Å². The SMILES string of the molecule is CCOc1cc(C=Nc2cc(C)ccc2C)cc(I)c1OCc1ccccc1. The summed E-state index contributed by atoms with van der Waals surface area (Å²) >= 11 is 2.29. The number of halogens is 1. The van der Waals surface area contributed by atoms with E-state index in [-0.39, 0.29) is 0 Å². The Labute approximate surface area is 180 Å². The highest BCUT2D eigenvalue weighted by Gasteiger charge is 2.12. The van der Waals surface area contributed by atoms with Gasteiger partial charge in [-0.3, -0.25) is 4.99 Å². The fourth-order valence-corrected chi connectivity index (χ4v) is 3.58. The van der Waals surface area contributed by atoms with Crippen molar-refractivity contribution in [3.63, 3.8) is 0 Å². The van der Waals surface area contributed by atoms with Gasteiger partial charge < -0.3 is 9.47 Å². The van der Waals surface area contributed by atoms with E-state index in [1.54, 1.807) is 0 Å². The molecule has 4 heteroatoms. The minimum Gasteiger partial charge on any atom is -0.490 e. The summed E-state index contributed by atoms with van der Waals surface area (Å²) < 4.78 is 12.9. The largest absolute Gasteiger partial charge is 0.490 e. The van der Waals surface area contributed by atoms with Crippen LogP contribution in [0.1, 0.15) is 29.2 Å². The van der Waals surface area contributed by atoms with E-state index in [2.05, 4.69) is 77.8 Å². The number of aliphatic imine (C=N–C) groups is 1. The molecule has 0 aliphatic carbocycles. The van der Waals surface area contributed by atoms with Crippen LogP contribution in [0.15, 0.2) is 65.7 Å².